The normalized spacial score (nSPS) is 9.00. The molecule has 0 aliphatic heterocycles. The van der Waals surface area contributed by atoms with Crippen LogP contribution >= 0.6 is 0 Å². The van der Waals surface area contributed by atoms with Gasteiger partial charge in [0.25, 0.3) is 0 Å². The van der Waals surface area contributed by atoms with Gasteiger partial charge in [-0.3, -0.25) is 4.79 Å². The van der Waals surface area contributed by atoms with E-state index >= 15 is 0 Å². The molecule has 78 valence electrons. The van der Waals surface area contributed by atoms with Crippen LogP contribution in [0.15, 0.2) is 18.2 Å². The maximum absolute atomic E-state index is 13.4. The van der Waals surface area contributed by atoms with Gasteiger partial charge in [-0.05, 0) is 19.1 Å². The van der Waals surface area contributed by atoms with E-state index in [-0.39, 0.29) is 17.8 Å². The zero-order valence-electron chi connectivity index (χ0n) is 8.63. The first kappa shape index (κ1) is 11.3. The summed E-state index contributed by atoms with van der Waals surface area (Å²) < 4.78 is 18.2. The molecule has 2 nitrogen and oxygen atoms in total. The van der Waals surface area contributed by atoms with E-state index < -0.39 is 5.82 Å². The minimum atomic E-state index is -0.572. The molecule has 0 unspecified atom stereocenters. The molecular weight excluding hydrogens is 195 g/mol. The molecule has 0 saturated carbocycles. The van der Waals surface area contributed by atoms with E-state index in [1.165, 1.54) is 19.2 Å². The van der Waals surface area contributed by atoms with Crippen LogP contribution < -0.4 is 4.74 Å². The zero-order chi connectivity index (χ0) is 11.3. The highest BCUT2D eigenvalue weighted by molar-refractivity contribution is 5.97. The summed E-state index contributed by atoms with van der Waals surface area (Å²) in [4.78, 5) is 11.4. The van der Waals surface area contributed by atoms with Gasteiger partial charge in [-0.25, -0.2) is 4.39 Å². The zero-order valence-corrected chi connectivity index (χ0v) is 8.63. The van der Waals surface area contributed by atoms with Crippen molar-refractivity contribution in [2.24, 2.45) is 0 Å². The Hall–Kier alpha value is -1.82. The molecule has 0 bridgehead atoms. The first-order valence-corrected chi connectivity index (χ1v) is 4.45. The highest BCUT2D eigenvalue weighted by atomic mass is 19.1. The molecule has 1 aromatic carbocycles. The second kappa shape index (κ2) is 5.16. The number of benzene rings is 1. The number of Topliss-reactive ketones (excluding diaryl/α,β-unsaturated/α-hetero) is 1. The fourth-order valence-corrected chi connectivity index (χ4v) is 1.11. The molecule has 15 heavy (non-hydrogen) atoms. The van der Waals surface area contributed by atoms with Gasteiger partial charge in [0.1, 0.15) is 11.6 Å². The molecule has 3 heteroatoms. The van der Waals surface area contributed by atoms with Gasteiger partial charge in [0, 0.05) is 6.07 Å². The van der Waals surface area contributed by atoms with Gasteiger partial charge in [-0.15, -0.1) is 5.92 Å². The molecule has 1 aromatic rings. The van der Waals surface area contributed by atoms with Crippen molar-refractivity contribution >= 4 is 5.78 Å². The van der Waals surface area contributed by atoms with Crippen molar-refractivity contribution in [3.63, 3.8) is 0 Å². The van der Waals surface area contributed by atoms with E-state index in [1.807, 2.05) is 0 Å². The minimum absolute atomic E-state index is 0.0414. The maximum Gasteiger partial charge on any atom is 0.177 e. The Bertz CT molecular complexity index is 427. The van der Waals surface area contributed by atoms with E-state index in [9.17, 15) is 9.18 Å². The van der Waals surface area contributed by atoms with Gasteiger partial charge >= 0.3 is 0 Å². The monoisotopic (exact) mass is 206 g/mol. The molecule has 0 radical (unpaired) electrons. The number of carbonyl (C=O) groups excluding carboxylic acids is 1. The maximum atomic E-state index is 13.4. The second-order valence-corrected chi connectivity index (χ2v) is 2.87. The van der Waals surface area contributed by atoms with E-state index in [0.29, 0.717) is 5.75 Å². The van der Waals surface area contributed by atoms with Crippen molar-refractivity contribution in [1.29, 1.82) is 0 Å². The average Bonchev–Trinajstić information content (AvgIpc) is 2.25. The number of ether oxygens (including phenoxy) is 1. The largest absolute Gasteiger partial charge is 0.497 e. The van der Waals surface area contributed by atoms with Crippen LogP contribution in [0.25, 0.3) is 0 Å². The third kappa shape index (κ3) is 2.81. The third-order valence-corrected chi connectivity index (χ3v) is 1.90. The Morgan fingerprint density at radius 3 is 2.80 bits per heavy atom. The number of hydrogen-bond acceptors (Lipinski definition) is 2. The number of rotatable bonds is 3. The number of hydrogen-bond donors (Lipinski definition) is 0. The van der Waals surface area contributed by atoms with Crippen LogP contribution in [0.4, 0.5) is 4.39 Å². The summed E-state index contributed by atoms with van der Waals surface area (Å²) in [7, 11) is 1.44. The molecule has 0 N–H and O–H groups in total. The lowest BCUT2D eigenvalue weighted by Gasteiger charge is -2.02. The summed E-state index contributed by atoms with van der Waals surface area (Å²) in [6.07, 6.45) is 0.0414. The molecule has 0 spiro atoms. The summed E-state index contributed by atoms with van der Waals surface area (Å²) in [5.74, 6) is 4.70. The summed E-state index contributed by atoms with van der Waals surface area (Å²) in [5, 5.41) is 0. The van der Waals surface area contributed by atoms with Crippen LogP contribution in [0.5, 0.6) is 5.75 Å². The highest BCUT2D eigenvalue weighted by Crippen LogP contribution is 2.17. The molecule has 0 atom stereocenters. The molecule has 0 aromatic heterocycles. The predicted molar refractivity (Wildman–Crippen MR) is 55.3 cm³/mol. The number of halogens is 1. The van der Waals surface area contributed by atoms with Crippen molar-refractivity contribution in [3.05, 3.63) is 29.6 Å². The van der Waals surface area contributed by atoms with Crippen LogP contribution in [0.1, 0.15) is 23.7 Å². The highest BCUT2D eigenvalue weighted by Gasteiger charge is 2.10. The molecule has 0 aliphatic rings. The SMILES string of the molecule is CC#CCC(=O)c1ccc(OC)cc1F. The van der Waals surface area contributed by atoms with Gasteiger partial charge in [0.15, 0.2) is 5.78 Å². The van der Waals surface area contributed by atoms with Gasteiger partial charge in [-0.1, -0.05) is 5.92 Å². The summed E-state index contributed by atoms with van der Waals surface area (Å²) in [6.45, 7) is 1.64. The summed E-state index contributed by atoms with van der Waals surface area (Å²) in [6, 6.07) is 4.15. The van der Waals surface area contributed by atoms with Crippen molar-refractivity contribution in [3.8, 4) is 17.6 Å². The second-order valence-electron chi connectivity index (χ2n) is 2.87. The molecule has 0 saturated heterocycles. The molecule has 0 fully saturated rings. The lowest BCUT2D eigenvalue weighted by atomic mass is 10.1. The van der Waals surface area contributed by atoms with Crippen LogP contribution in [0.2, 0.25) is 0 Å². The van der Waals surface area contributed by atoms with Gasteiger partial charge in [0.2, 0.25) is 0 Å². The minimum Gasteiger partial charge on any atom is -0.497 e. The average molecular weight is 206 g/mol. The van der Waals surface area contributed by atoms with E-state index in [1.54, 1.807) is 13.0 Å². The van der Waals surface area contributed by atoms with Crippen molar-refractivity contribution < 1.29 is 13.9 Å². The first-order valence-electron chi connectivity index (χ1n) is 4.45. The van der Waals surface area contributed by atoms with Crippen molar-refractivity contribution in [2.45, 2.75) is 13.3 Å². The Morgan fingerprint density at radius 1 is 1.53 bits per heavy atom. The Balaban J connectivity index is 2.93. The molecule has 0 amide bonds. The first-order chi connectivity index (χ1) is 7.19. The topological polar surface area (TPSA) is 26.3 Å². The molecule has 1 rings (SSSR count). The lowest BCUT2D eigenvalue weighted by Crippen LogP contribution is -2.01. The van der Waals surface area contributed by atoms with Crippen LogP contribution in [-0.2, 0) is 0 Å². The lowest BCUT2D eigenvalue weighted by molar-refractivity contribution is 0.0994. The summed E-state index contributed by atoms with van der Waals surface area (Å²) >= 11 is 0. The Morgan fingerprint density at radius 2 is 2.27 bits per heavy atom. The predicted octanol–water partition coefficient (Wildman–Crippen LogP) is 2.43. The van der Waals surface area contributed by atoms with E-state index in [2.05, 4.69) is 11.8 Å². The van der Waals surface area contributed by atoms with Crippen molar-refractivity contribution in [2.75, 3.05) is 7.11 Å². The quantitative estimate of drug-likeness (QED) is 0.560. The number of carbonyl (C=O) groups is 1. The molecule has 0 heterocycles. The smallest absolute Gasteiger partial charge is 0.177 e. The molecule has 0 aliphatic carbocycles. The standard InChI is InChI=1S/C12H11FO2/c1-3-4-5-12(14)10-7-6-9(15-2)8-11(10)13/h6-8H,5H2,1-2H3. The number of methoxy groups -OCH3 is 1. The van der Waals surface area contributed by atoms with E-state index in [4.69, 9.17) is 4.74 Å². The fourth-order valence-electron chi connectivity index (χ4n) is 1.11. The van der Waals surface area contributed by atoms with Crippen LogP contribution in [-0.4, -0.2) is 12.9 Å². The van der Waals surface area contributed by atoms with E-state index in [0.717, 1.165) is 0 Å². The van der Waals surface area contributed by atoms with Gasteiger partial charge in [-0.2, -0.15) is 0 Å². The third-order valence-electron chi connectivity index (χ3n) is 1.90. The van der Waals surface area contributed by atoms with Crippen molar-refractivity contribution in [1.82, 2.24) is 0 Å². The fraction of sp³-hybridized carbons (Fsp3) is 0.250. The summed E-state index contributed by atoms with van der Waals surface area (Å²) in [5.41, 5.74) is 0.0542. The molecular formula is C12H11FO2. The number of ketones is 1. The van der Waals surface area contributed by atoms with Gasteiger partial charge < -0.3 is 4.74 Å². The van der Waals surface area contributed by atoms with Crippen LogP contribution in [0.3, 0.4) is 0 Å². The Labute approximate surface area is 88.1 Å². The Kier molecular flexibility index (Phi) is 3.87. The van der Waals surface area contributed by atoms with Crippen LogP contribution in [0, 0.1) is 17.7 Å². The van der Waals surface area contributed by atoms with Gasteiger partial charge in [0.05, 0.1) is 19.1 Å².